The molecular weight excluding hydrogens is 332 g/mol. The Bertz CT molecular complexity index is 834. The van der Waals surface area contributed by atoms with Gasteiger partial charge < -0.3 is 14.6 Å². The maximum Gasteiger partial charge on any atom is 0.240 e. The number of ether oxygens (including phenoxy) is 1. The molecule has 0 aliphatic carbocycles. The summed E-state index contributed by atoms with van der Waals surface area (Å²) in [6, 6.07) is 14.5. The van der Waals surface area contributed by atoms with Gasteiger partial charge in [-0.3, -0.25) is 4.79 Å². The quantitative estimate of drug-likeness (QED) is 0.753. The van der Waals surface area contributed by atoms with Crippen molar-refractivity contribution in [1.82, 2.24) is 9.88 Å². The van der Waals surface area contributed by atoms with Crippen LogP contribution in [0.5, 0.6) is 0 Å². The van der Waals surface area contributed by atoms with E-state index < -0.39 is 0 Å². The molecule has 130 valence electrons. The van der Waals surface area contributed by atoms with Crippen molar-refractivity contribution in [1.29, 1.82) is 0 Å². The number of hydrogen-bond acceptors (Lipinski definition) is 3. The highest BCUT2D eigenvalue weighted by Gasteiger charge is 2.27. The minimum Gasteiger partial charge on any atom is -0.381 e. The second-order valence-corrected chi connectivity index (χ2v) is 7.49. The minimum absolute atomic E-state index is 0.0613. The van der Waals surface area contributed by atoms with Gasteiger partial charge in [0.25, 0.3) is 0 Å². The van der Waals surface area contributed by atoms with E-state index in [1.54, 1.807) is 11.3 Å². The number of fused-ring (bicyclic) bond motifs is 1. The number of carbonyl (C=O) groups excluding carboxylic acids is 1. The maximum absolute atomic E-state index is 12.7. The molecule has 0 spiro atoms. The standard InChI is InChI=1S/C20H22N2O2S/c23-19(14-22-10-7-15-4-1-2-5-17(15)22)21-20(18-6-3-13-25-18)16-8-11-24-12-9-16/h1-7,10,13,16,20H,8-9,11-12,14H2,(H,21,23). The summed E-state index contributed by atoms with van der Waals surface area (Å²) in [6.45, 7) is 1.91. The molecule has 0 radical (unpaired) electrons. The average Bonchev–Trinajstić information content (AvgIpc) is 3.31. The molecule has 1 unspecified atom stereocenters. The van der Waals surface area contributed by atoms with Gasteiger partial charge in [0, 0.05) is 29.8 Å². The van der Waals surface area contributed by atoms with Crippen LogP contribution < -0.4 is 5.32 Å². The Balaban J connectivity index is 1.50. The molecule has 2 aromatic heterocycles. The third-order valence-electron chi connectivity index (χ3n) is 4.90. The van der Waals surface area contributed by atoms with Crippen molar-refractivity contribution < 1.29 is 9.53 Å². The Morgan fingerprint density at radius 1 is 1.20 bits per heavy atom. The Morgan fingerprint density at radius 3 is 2.84 bits per heavy atom. The number of nitrogens with zero attached hydrogens (tertiary/aromatic N) is 1. The largest absolute Gasteiger partial charge is 0.381 e. The van der Waals surface area contributed by atoms with Crippen molar-refractivity contribution in [2.45, 2.75) is 25.4 Å². The molecule has 4 rings (SSSR count). The van der Waals surface area contributed by atoms with Gasteiger partial charge >= 0.3 is 0 Å². The van der Waals surface area contributed by atoms with Crippen LogP contribution >= 0.6 is 11.3 Å². The molecule has 3 heterocycles. The summed E-state index contributed by atoms with van der Waals surface area (Å²) >= 11 is 1.71. The molecule has 1 fully saturated rings. The van der Waals surface area contributed by atoms with Crippen LogP contribution in [0.1, 0.15) is 23.8 Å². The van der Waals surface area contributed by atoms with Crippen molar-refractivity contribution in [3.63, 3.8) is 0 Å². The highest BCUT2D eigenvalue weighted by Crippen LogP contribution is 2.32. The third-order valence-corrected chi connectivity index (χ3v) is 5.85. The SMILES string of the molecule is O=C(Cn1ccc2ccccc21)NC(c1cccs1)C1CCOCC1. The zero-order valence-corrected chi connectivity index (χ0v) is 14.9. The van der Waals surface area contributed by atoms with Crippen LogP contribution in [0.15, 0.2) is 54.0 Å². The highest BCUT2D eigenvalue weighted by molar-refractivity contribution is 7.10. The summed E-state index contributed by atoms with van der Waals surface area (Å²) in [7, 11) is 0. The molecule has 25 heavy (non-hydrogen) atoms. The molecule has 1 aliphatic heterocycles. The van der Waals surface area contributed by atoms with Gasteiger partial charge in [0.2, 0.25) is 5.91 Å². The number of rotatable bonds is 5. The first kappa shape index (κ1) is 16.4. The van der Waals surface area contributed by atoms with E-state index in [1.165, 1.54) is 4.88 Å². The predicted octanol–water partition coefficient (Wildman–Crippen LogP) is 3.99. The molecule has 4 nitrogen and oxygen atoms in total. The van der Waals surface area contributed by atoms with Crippen LogP contribution in [-0.4, -0.2) is 23.7 Å². The Hall–Kier alpha value is -2.11. The first-order valence-electron chi connectivity index (χ1n) is 8.75. The van der Waals surface area contributed by atoms with Crippen LogP contribution in [-0.2, 0) is 16.1 Å². The Labute approximate surface area is 151 Å². The van der Waals surface area contributed by atoms with Crippen LogP contribution in [0.2, 0.25) is 0 Å². The fraction of sp³-hybridized carbons (Fsp3) is 0.350. The minimum atomic E-state index is 0.0613. The van der Waals surface area contributed by atoms with Gasteiger partial charge in [-0.05, 0) is 47.7 Å². The van der Waals surface area contributed by atoms with Gasteiger partial charge in [-0.15, -0.1) is 11.3 Å². The summed E-state index contributed by atoms with van der Waals surface area (Å²) < 4.78 is 7.51. The van der Waals surface area contributed by atoms with Gasteiger partial charge in [-0.2, -0.15) is 0 Å². The van der Waals surface area contributed by atoms with E-state index in [-0.39, 0.29) is 11.9 Å². The van der Waals surface area contributed by atoms with Crippen molar-refractivity contribution in [2.75, 3.05) is 13.2 Å². The van der Waals surface area contributed by atoms with E-state index >= 15 is 0 Å². The Morgan fingerprint density at radius 2 is 2.04 bits per heavy atom. The smallest absolute Gasteiger partial charge is 0.240 e. The molecular formula is C20H22N2O2S. The van der Waals surface area contributed by atoms with Crippen LogP contribution in [0.25, 0.3) is 10.9 Å². The van der Waals surface area contributed by atoms with E-state index in [9.17, 15) is 4.79 Å². The maximum atomic E-state index is 12.7. The number of carbonyl (C=O) groups is 1. The van der Waals surface area contributed by atoms with Crippen LogP contribution in [0.3, 0.4) is 0 Å². The number of thiophene rings is 1. The molecule has 5 heteroatoms. The predicted molar refractivity (Wildman–Crippen MR) is 101 cm³/mol. The summed E-state index contributed by atoms with van der Waals surface area (Å²) in [4.78, 5) is 14.0. The summed E-state index contributed by atoms with van der Waals surface area (Å²) in [5, 5.41) is 6.53. The first-order chi connectivity index (χ1) is 12.3. The number of para-hydroxylation sites is 1. The lowest BCUT2D eigenvalue weighted by molar-refractivity contribution is -0.123. The molecule has 0 saturated carbocycles. The summed E-state index contributed by atoms with van der Waals surface area (Å²) in [5.74, 6) is 0.504. The van der Waals surface area contributed by atoms with Gasteiger partial charge in [-0.25, -0.2) is 0 Å². The van der Waals surface area contributed by atoms with Crippen LogP contribution in [0.4, 0.5) is 0 Å². The molecule has 1 aromatic carbocycles. The van der Waals surface area contributed by atoms with Crippen molar-refractivity contribution in [2.24, 2.45) is 5.92 Å². The van der Waals surface area contributed by atoms with Crippen molar-refractivity contribution in [3.05, 3.63) is 58.9 Å². The molecule has 1 N–H and O–H groups in total. The molecule has 1 aliphatic rings. The number of nitrogens with one attached hydrogen (secondary N) is 1. The lowest BCUT2D eigenvalue weighted by atomic mass is 9.90. The van der Waals surface area contributed by atoms with E-state index in [4.69, 9.17) is 4.74 Å². The molecule has 3 aromatic rings. The van der Waals surface area contributed by atoms with Crippen molar-refractivity contribution >= 4 is 28.1 Å². The van der Waals surface area contributed by atoms with Gasteiger partial charge in [0.1, 0.15) is 6.54 Å². The topological polar surface area (TPSA) is 43.3 Å². The lowest BCUT2D eigenvalue weighted by Crippen LogP contribution is -2.37. The molecule has 0 bridgehead atoms. The molecule has 1 atom stereocenters. The normalized spacial score (nSPS) is 16.8. The monoisotopic (exact) mass is 354 g/mol. The van der Waals surface area contributed by atoms with Crippen LogP contribution in [0, 0.1) is 5.92 Å². The summed E-state index contributed by atoms with van der Waals surface area (Å²) in [5.41, 5.74) is 1.09. The number of amides is 1. The third kappa shape index (κ3) is 3.62. The van der Waals surface area contributed by atoms with E-state index in [2.05, 4.69) is 41.0 Å². The highest BCUT2D eigenvalue weighted by atomic mass is 32.1. The number of aromatic nitrogens is 1. The van der Waals surface area contributed by atoms with Gasteiger partial charge in [0.05, 0.1) is 6.04 Å². The van der Waals surface area contributed by atoms with Gasteiger partial charge in [-0.1, -0.05) is 24.3 Å². The van der Waals surface area contributed by atoms with Gasteiger partial charge in [0.15, 0.2) is 0 Å². The fourth-order valence-electron chi connectivity index (χ4n) is 3.59. The number of benzene rings is 1. The zero-order chi connectivity index (χ0) is 17.1. The molecule has 1 saturated heterocycles. The summed E-state index contributed by atoms with van der Waals surface area (Å²) in [6.07, 6.45) is 3.98. The number of hydrogen-bond donors (Lipinski definition) is 1. The first-order valence-corrected chi connectivity index (χ1v) is 9.63. The average molecular weight is 354 g/mol. The van der Waals surface area contributed by atoms with E-state index in [1.807, 2.05) is 22.9 Å². The lowest BCUT2D eigenvalue weighted by Gasteiger charge is -2.30. The van der Waals surface area contributed by atoms with E-state index in [0.29, 0.717) is 12.5 Å². The fourth-order valence-corrected chi connectivity index (χ4v) is 4.46. The van der Waals surface area contributed by atoms with Crippen molar-refractivity contribution in [3.8, 4) is 0 Å². The van der Waals surface area contributed by atoms with E-state index in [0.717, 1.165) is 37.0 Å². The Kier molecular flexibility index (Phi) is 4.85. The molecule has 1 amide bonds. The second-order valence-electron chi connectivity index (χ2n) is 6.51. The zero-order valence-electron chi connectivity index (χ0n) is 14.1. The second kappa shape index (κ2) is 7.42.